The first-order valence-electron chi connectivity index (χ1n) is 4.59. The van der Waals surface area contributed by atoms with Gasteiger partial charge in [0, 0.05) is 0 Å². The maximum Gasteiger partial charge on any atom is 0.130 e. The molecule has 0 amide bonds. The van der Waals surface area contributed by atoms with Gasteiger partial charge in [-0.05, 0) is 11.5 Å². The third-order valence-corrected chi connectivity index (χ3v) is 2.97. The van der Waals surface area contributed by atoms with Crippen molar-refractivity contribution in [2.45, 2.75) is 26.4 Å². The van der Waals surface area contributed by atoms with Gasteiger partial charge in [-0.1, -0.05) is 39.0 Å². The molecule has 0 N–H and O–H groups in total. The largest absolute Gasteiger partial charge is 0.303 e. The van der Waals surface area contributed by atoms with E-state index in [0.717, 1.165) is 6.29 Å². The summed E-state index contributed by atoms with van der Waals surface area (Å²) in [4.78, 5) is 11.0. The molecule has 78 valence electrons. The Kier molecular flexibility index (Phi) is 3.17. The molecule has 1 aliphatic rings. The van der Waals surface area contributed by atoms with Gasteiger partial charge in [-0.25, -0.2) is 0 Å². The molecule has 0 heterocycles. The molecular formula is C11H15ClO2. The van der Waals surface area contributed by atoms with Crippen LogP contribution in [0.5, 0.6) is 0 Å². The van der Waals surface area contributed by atoms with Crippen LogP contribution in [0.1, 0.15) is 20.8 Å². The van der Waals surface area contributed by atoms with Crippen LogP contribution in [0.15, 0.2) is 24.3 Å². The van der Waals surface area contributed by atoms with E-state index in [-0.39, 0.29) is 11.3 Å². The third-order valence-electron chi connectivity index (χ3n) is 2.72. The predicted molar refractivity (Wildman–Crippen MR) is 57.0 cm³/mol. The number of rotatable bonds is 2. The summed E-state index contributed by atoms with van der Waals surface area (Å²) < 4.78 is 5.05. The van der Waals surface area contributed by atoms with E-state index in [1.807, 2.05) is 39.0 Å². The lowest BCUT2D eigenvalue weighted by Gasteiger charge is -2.43. The van der Waals surface area contributed by atoms with Gasteiger partial charge in [0.15, 0.2) is 0 Å². The van der Waals surface area contributed by atoms with Gasteiger partial charge in [-0.2, -0.15) is 0 Å². The summed E-state index contributed by atoms with van der Waals surface area (Å²) in [5.74, 6) is -0.329. The monoisotopic (exact) mass is 214 g/mol. The van der Waals surface area contributed by atoms with Crippen molar-refractivity contribution in [2.24, 2.45) is 11.3 Å². The Morgan fingerprint density at radius 1 is 1.43 bits per heavy atom. The highest BCUT2D eigenvalue weighted by atomic mass is 35.5. The minimum Gasteiger partial charge on any atom is -0.303 e. The summed E-state index contributed by atoms with van der Waals surface area (Å²) in [6, 6.07) is 0. The van der Waals surface area contributed by atoms with E-state index in [1.165, 1.54) is 0 Å². The summed E-state index contributed by atoms with van der Waals surface area (Å²) in [7, 11) is 0. The molecule has 0 aromatic carbocycles. The number of halogens is 1. The van der Waals surface area contributed by atoms with Gasteiger partial charge in [0.25, 0.3) is 0 Å². The topological polar surface area (TPSA) is 26.3 Å². The van der Waals surface area contributed by atoms with E-state index in [1.54, 1.807) is 6.08 Å². The van der Waals surface area contributed by atoms with Crippen LogP contribution < -0.4 is 0 Å². The van der Waals surface area contributed by atoms with Crippen LogP contribution in [-0.2, 0) is 9.08 Å². The molecule has 1 rings (SSSR count). The van der Waals surface area contributed by atoms with Crippen LogP contribution in [0.25, 0.3) is 0 Å². The number of hydrogen-bond acceptors (Lipinski definition) is 2. The van der Waals surface area contributed by atoms with Gasteiger partial charge in [0.1, 0.15) is 11.9 Å². The van der Waals surface area contributed by atoms with Crippen LogP contribution in [0.3, 0.4) is 0 Å². The van der Waals surface area contributed by atoms with E-state index in [9.17, 15) is 4.79 Å². The first-order valence-corrected chi connectivity index (χ1v) is 4.90. The van der Waals surface area contributed by atoms with Crippen molar-refractivity contribution in [3.8, 4) is 0 Å². The highest BCUT2D eigenvalue weighted by Gasteiger charge is 2.47. The zero-order valence-electron chi connectivity index (χ0n) is 8.66. The smallest absolute Gasteiger partial charge is 0.130 e. The summed E-state index contributed by atoms with van der Waals surface area (Å²) in [6.07, 6.45) is 8.21. The molecule has 14 heavy (non-hydrogen) atoms. The maximum atomic E-state index is 11.0. The first-order chi connectivity index (χ1) is 6.48. The Morgan fingerprint density at radius 2 is 2.07 bits per heavy atom. The molecule has 0 saturated heterocycles. The molecule has 0 bridgehead atoms. The second kappa shape index (κ2) is 3.87. The lowest BCUT2D eigenvalue weighted by Crippen LogP contribution is -2.49. The average Bonchev–Trinajstić information content (AvgIpc) is 2.15. The number of allylic oxidation sites excluding steroid dienone is 2. The van der Waals surface area contributed by atoms with Crippen LogP contribution in [-0.4, -0.2) is 11.9 Å². The van der Waals surface area contributed by atoms with Crippen molar-refractivity contribution in [1.82, 2.24) is 0 Å². The third kappa shape index (κ3) is 1.64. The summed E-state index contributed by atoms with van der Waals surface area (Å²) in [5.41, 5.74) is -0.980. The Bertz CT molecular complexity index is 276. The van der Waals surface area contributed by atoms with Crippen molar-refractivity contribution in [1.29, 1.82) is 0 Å². The quantitative estimate of drug-likeness (QED) is 0.661. The van der Waals surface area contributed by atoms with Crippen molar-refractivity contribution in [3.63, 3.8) is 0 Å². The number of carbonyl (C=O) groups is 1. The molecule has 0 aliphatic heterocycles. The molecular weight excluding hydrogens is 200 g/mol. The summed E-state index contributed by atoms with van der Waals surface area (Å²) in [6.45, 7) is 5.99. The van der Waals surface area contributed by atoms with E-state index in [0.29, 0.717) is 0 Å². The van der Waals surface area contributed by atoms with Gasteiger partial charge in [0.2, 0.25) is 0 Å². The van der Waals surface area contributed by atoms with Crippen LogP contribution in [0.2, 0.25) is 0 Å². The minimum atomic E-state index is -0.745. The number of hydrogen-bond donors (Lipinski definition) is 0. The van der Waals surface area contributed by atoms with Crippen LogP contribution in [0, 0.1) is 11.3 Å². The highest BCUT2D eigenvalue weighted by Crippen LogP contribution is 2.43. The van der Waals surface area contributed by atoms with Gasteiger partial charge >= 0.3 is 0 Å². The molecule has 1 aliphatic carbocycles. The Morgan fingerprint density at radius 3 is 2.43 bits per heavy atom. The zero-order chi connectivity index (χ0) is 10.8. The average molecular weight is 215 g/mol. The zero-order valence-corrected chi connectivity index (χ0v) is 9.41. The fourth-order valence-corrected chi connectivity index (χ4v) is 2.11. The molecule has 2 unspecified atom stereocenters. The molecule has 2 atom stereocenters. The van der Waals surface area contributed by atoms with Crippen molar-refractivity contribution < 1.29 is 9.08 Å². The summed E-state index contributed by atoms with van der Waals surface area (Å²) >= 11 is 5.55. The second-order valence-electron chi connectivity index (χ2n) is 4.53. The normalized spacial score (nSPS) is 31.9. The molecule has 0 aromatic heterocycles. The van der Waals surface area contributed by atoms with E-state index >= 15 is 0 Å². The van der Waals surface area contributed by atoms with Gasteiger partial charge in [0.05, 0.1) is 17.8 Å². The van der Waals surface area contributed by atoms with Crippen molar-refractivity contribution >= 4 is 18.2 Å². The molecule has 2 nitrogen and oxygen atoms in total. The lowest BCUT2D eigenvalue weighted by molar-refractivity contribution is -0.118. The number of aldehydes is 1. The maximum absolute atomic E-state index is 11.0. The van der Waals surface area contributed by atoms with E-state index in [2.05, 4.69) is 0 Å². The predicted octanol–water partition coefficient (Wildman–Crippen LogP) is 2.88. The van der Waals surface area contributed by atoms with Gasteiger partial charge < -0.3 is 4.79 Å². The van der Waals surface area contributed by atoms with Crippen LogP contribution in [0.4, 0.5) is 0 Å². The fraction of sp³-hybridized carbons (Fsp3) is 0.545. The lowest BCUT2D eigenvalue weighted by atomic mass is 9.68. The SMILES string of the molecule is CC(C)(C)C1(OCl)C=CC=CC1C=O. The Balaban J connectivity index is 3.15. The molecule has 0 fully saturated rings. The molecule has 0 radical (unpaired) electrons. The van der Waals surface area contributed by atoms with Gasteiger partial charge in [-0.15, -0.1) is 0 Å². The van der Waals surface area contributed by atoms with Crippen LogP contribution >= 0.6 is 11.9 Å². The first kappa shape index (κ1) is 11.5. The highest BCUT2D eigenvalue weighted by molar-refractivity contribution is 6.08. The summed E-state index contributed by atoms with van der Waals surface area (Å²) in [5, 5.41) is 0. The van der Waals surface area contributed by atoms with E-state index in [4.69, 9.17) is 16.2 Å². The van der Waals surface area contributed by atoms with E-state index < -0.39 is 5.60 Å². The Labute approximate surface area is 89.8 Å². The standard InChI is InChI=1S/C11H15ClO2/c1-10(2,3)11(14-12)7-5-4-6-9(11)8-13/h4-9H,1-3H3. The minimum absolute atomic E-state index is 0.235. The number of carbonyl (C=O) groups excluding carboxylic acids is 1. The molecule has 0 saturated carbocycles. The van der Waals surface area contributed by atoms with Crippen molar-refractivity contribution in [2.75, 3.05) is 0 Å². The fourth-order valence-electron chi connectivity index (χ4n) is 1.73. The second-order valence-corrected chi connectivity index (χ2v) is 4.68. The molecule has 0 spiro atoms. The van der Waals surface area contributed by atoms with Gasteiger partial charge in [-0.3, -0.25) is 4.29 Å². The molecule has 0 aromatic rings. The molecule has 3 heteroatoms. The van der Waals surface area contributed by atoms with Crippen molar-refractivity contribution in [3.05, 3.63) is 24.3 Å². The Hall–Kier alpha value is -0.600.